The van der Waals surface area contributed by atoms with E-state index < -0.39 is 11.6 Å². The summed E-state index contributed by atoms with van der Waals surface area (Å²) in [5, 5.41) is 6.72. The summed E-state index contributed by atoms with van der Waals surface area (Å²) in [4.78, 5) is 19.8. The quantitative estimate of drug-likeness (QED) is 0.427. The molecule has 33 heavy (non-hydrogen) atoms. The lowest BCUT2D eigenvalue weighted by molar-refractivity contribution is 0.0392. The SMILES string of the molecule is Cn1nc2c(c1-c1cc(F)cc(F)c1)C[C@@H]1CCC[C@H]2N1C(=O)c1ccc2ccncc2c1. The molecule has 1 saturated heterocycles. The van der Waals surface area contributed by atoms with Gasteiger partial charge in [0.05, 0.1) is 17.4 Å². The Hall–Kier alpha value is -3.61. The first-order valence-corrected chi connectivity index (χ1v) is 11.2. The van der Waals surface area contributed by atoms with Gasteiger partial charge < -0.3 is 4.90 Å². The number of nitrogens with zero attached hydrogens (tertiary/aromatic N) is 4. The lowest BCUT2D eigenvalue weighted by Gasteiger charge is -2.45. The largest absolute Gasteiger partial charge is 0.327 e. The van der Waals surface area contributed by atoms with E-state index in [2.05, 4.69) is 4.98 Å². The van der Waals surface area contributed by atoms with Gasteiger partial charge in [-0.25, -0.2) is 8.78 Å². The molecule has 0 spiro atoms. The molecule has 2 bridgehead atoms. The maximum atomic E-state index is 14.0. The van der Waals surface area contributed by atoms with Gasteiger partial charge >= 0.3 is 0 Å². The van der Waals surface area contributed by atoms with Crippen molar-refractivity contribution >= 4 is 16.7 Å². The number of rotatable bonds is 2. The summed E-state index contributed by atoms with van der Waals surface area (Å²) in [5.41, 5.74) is 3.67. The Kier molecular flexibility index (Phi) is 4.54. The molecule has 6 rings (SSSR count). The average molecular weight is 444 g/mol. The van der Waals surface area contributed by atoms with Crippen molar-refractivity contribution in [3.63, 3.8) is 0 Å². The van der Waals surface area contributed by atoms with Gasteiger partial charge in [-0.3, -0.25) is 14.5 Å². The van der Waals surface area contributed by atoms with Gasteiger partial charge in [-0.2, -0.15) is 5.10 Å². The number of fused-ring (bicyclic) bond motifs is 5. The summed E-state index contributed by atoms with van der Waals surface area (Å²) >= 11 is 0. The molecule has 4 aromatic rings. The average Bonchev–Trinajstić information content (AvgIpc) is 3.13. The van der Waals surface area contributed by atoms with Crippen molar-refractivity contribution in [2.24, 2.45) is 7.05 Å². The number of amides is 1. The van der Waals surface area contributed by atoms with E-state index in [9.17, 15) is 13.6 Å². The molecule has 2 aromatic heterocycles. The maximum absolute atomic E-state index is 14.0. The lowest BCUT2D eigenvalue weighted by Crippen LogP contribution is -2.49. The molecule has 2 aromatic carbocycles. The van der Waals surface area contributed by atoms with Crippen LogP contribution in [-0.2, 0) is 13.5 Å². The van der Waals surface area contributed by atoms with Crippen LogP contribution in [0.3, 0.4) is 0 Å². The van der Waals surface area contributed by atoms with Crippen molar-refractivity contribution in [3.8, 4) is 11.3 Å². The number of piperidine rings is 1. The third kappa shape index (κ3) is 3.22. The normalized spacial score (nSPS) is 19.5. The number of carbonyl (C=O) groups is 1. The van der Waals surface area contributed by atoms with Crippen LogP contribution in [0.5, 0.6) is 0 Å². The fraction of sp³-hybridized carbons (Fsp3) is 0.269. The van der Waals surface area contributed by atoms with E-state index in [1.165, 1.54) is 12.1 Å². The van der Waals surface area contributed by atoms with E-state index in [1.54, 1.807) is 24.1 Å². The van der Waals surface area contributed by atoms with Crippen LogP contribution in [0, 0.1) is 11.6 Å². The van der Waals surface area contributed by atoms with Crippen LogP contribution < -0.4 is 0 Å². The molecular weight excluding hydrogens is 422 g/mol. The van der Waals surface area contributed by atoms with Crippen LogP contribution in [0.4, 0.5) is 8.78 Å². The Bertz CT molecular complexity index is 1390. The number of aryl methyl sites for hydroxylation is 1. The van der Waals surface area contributed by atoms with Crippen LogP contribution in [0.25, 0.3) is 22.0 Å². The van der Waals surface area contributed by atoms with Gasteiger partial charge in [0.1, 0.15) is 11.6 Å². The fourth-order valence-electron chi connectivity index (χ4n) is 5.57. The Labute approximate surface area is 189 Å². The molecule has 0 N–H and O–H groups in total. The van der Waals surface area contributed by atoms with Gasteiger partial charge in [0.15, 0.2) is 0 Å². The zero-order valence-corrected chi connectivity index (χ0v) is 18.1. The summed E-state index contributed by atoms with van der Waals surface area (Å²) in [6, 6.07) is 11.1. The summed E-state index contributed by atoms with van der Waals surface area (Å²) in [6.07, 6.45) is 6.85. The summed E-state index contributed by atoms with van der Waals surface area (Å²) in [5.74, 6) is -1.23. The highest BCUT2D eigenvalue weighted by Gasteiger charge is 2.43. The van der Waals surface area contributed by atoms with E-state index in [0.717, 1.165) is 53.1 Å². The molecule has 7 heteroatoms. The van der Waals surface area contributed by atoms with Crippen LogP contribution in [0.2, 0.25) is 0 Å². The fourth-order valence-corrected chi connectivity index (χ4v) is 5.57. The Morgan fingerprint density at radius 2 is 1.85 bits per heavy atom. The zero-order chi connectivity index (χ0) is 22.7. The lowest BCUT2D eigenvalue weighted by atomic mass is 9.81. The molecule has 0 radical (unpaired) electrons. The van der Waals surface area contributed by atoms with Crippen LogP contribution in [0.1, 0.15) is 46.9 Å². The van der Waals surface area contributed by atoms with Gasteiger partial charge in [0.25, 0.3) is 5.91 Å². The van der Waals surface area contributed by atoms with Crippen LogP contribution in [0.15, 0.2) is 54.9 Å². The van der Waals surface area contributed by atoms with Gasteiger partial charge in [-0.15, -0.1) is 0 Å². The molecule has 0 saturated carbocycles. The van der Waals surface area contributed by atoms with Crippen molar-refractivity contribution in [2.45, 2.75) is 37.8 Å². The Morgan fingerprint density at radius 1 is 1.03 bits per heavy atom. The Balaban J connectivity index is 1.42. The number of aromatic nitrogens is 3. The third-order valence-electron chi connectivity index (χ3n) is 6.93. The molecule has 1 fully saturated rings. The summed E-state index contributed by atoms with van der Waals surface area (Å²) in [6.45, 7) is 0. The van der Waals surface area contributed by atoms with Crippen LogP contribution in [-0.4, -0.2) is 31.6 Å². The van der Waals surface area contributed by atoms with Crippen molar-refractivity contribution in [1.29, 1.82) is 0 Å². The smallest absolute Gasteiger partial charge is 0.254 e. The first-order chi connectivity index (χ1) is 16.0. The predicted molar refractivity (Wildman–Crippen MR) is 121 cm³/mol. The number of halogens is 2. The second kappa shape index (κ2) is 7.47. The molecule has 4 heterocycles. The van der Waals surface area contributed by atoms with Gasteiger partial charge in [0, 0.05) is 53.6 Å². The van der Waals surface area contributed by atoms with Crippen LogP contribution >= 0.6 is 0 Å². The highest BCUT2D eigenvalue weighted by molar-refractivity contribution is 5.99. The first kappa shape index (κ1) is 20.0. The van der Waals surface area contributed by atoms with Gasteiger partial charge in [0.2, 0.25) is 0 Å². The minimum absolute atomic E-state index is 0.00916. The number of hydrogen-bond acceptors (Lipinski definition) is 3. The van der Waals surface area contributed by atoms with E-state index in [-0.39, 0.29) is 18.0 Å². The molecule has 5 nitrogen and oxygen atoms in total. The second-order valence-corrected chi connectivity index (χ2v) is 8.95. The maximum Gasteiger partial charge on any atom is 0.254 e. The molecule has 2 atom stereocenters. The van der Waals surface area contributed by atoms with Gasteiger partial charge in [-0.1, -0.05) is 6.07 Å². The predicted octanol–water partition coefficient (Wildman–Crippen LogP) is 5.21. The summed E-state index contributed by atoms with van der Waals surface area (Å²) in [7, 11) is 1.79. The molecule has 2 aliphatic rings. The highest BCUT2D eigenvalue weighted by Crippen LogP contribution is 2.45. The highest BCUT2D eigenvalue weighted by atomic mass is 19.1. The first-order valence-electron chi connectivity index (χ1n) is 11.2. The van der Waals surface area contributed by atoms with Crippen molar-refractivity contribution in [2.75, 3.05) is 0 Å². The minimum atomic E-state index is -0.612. The molecule has 2 aliphatic heterocycles. The van der Waals surface area contributed by atoms with Crippen molar-refractivity contribution < 1.29 is 13.6 Å². The minimum Gasteiger partial charge on any atom is -0.327 e. The number of pyridine rings is 1. The summed E-state index contributed by atoms with van der Waals surface area (Å²) < 4.78 is 29.6. The van der Waals surface area contributed by atoms with E-state index in [4.69, 9.17) is 5.10 Å². The monoisotopic (exact) mass is 444 g/mol. The molecule has 0 unspecified atom stereocenters. The van der Waals surface area contributed by atoms with E-state index >= 15 is 0 Å². The molecule has 166 valence electrons. The van der Waals surface area contributed by atoms with Crippen molar-refractivity contribution in [3.05, 3.63) is 83.3 Å². The van der Waals surface area contributed by atoms with E-state index in [0.29, 0.717) is 17.5 Å². The van der Waals surface area contributed by atoms with Crippen molar-refractivity contribution in [1.82, 2.24) is 19.7 Å². The standard InChI is InChI=1S/C26H22F2N4O/c1-31-25(17-10-19(27)12-20(28)11-17)22-13-21-3-2-4-23(24(22)30-31)32(21)26(33)16-6-5-15-7-8-29-14-18(15)9-16/h5-12,14,21,23H,2-4,13H2,1H3/t21-,23+/m0/s1. The zero-order valence-electron chi connectivity index (χ0n) is 18.1. The topological polar surface area (TPSA) is 51.0 Å². The number of carbonyl (C=O) groups excluding carboxylic acids is 1. The Morgan fingerprint density at radius 3 is 2.67 bits per heavy atom. The third-order valence-corrected chi connectivity index (χ3v) is 6.93. The number of benzene rings is 2. The van der Waals surface area contributed by atoms with Gasteiger partial charge in [-0.05, 0) is 61.4 Å². The second-order valence-electron chi connectivity index (χ2n) is 8.95. The molecular formula is C26H22F2N4O. The number of hydrogen-bond donors (Lipinski definition) is 0. The van der Waals surface area contributed by atoms with E-state index in [1.807, 2.05) is 29.2 Å². The molecule has 0 aliphatic carbocycles. The molecule has 1 amide bonds.